The molecule has 4 heteroatoms. The molecule has 1 atom stereocenters. The first-order valence-electron chi connectivity index (χ1n) is 10.6. The van der Waals surface area contributed by atoms with Crippen LogP contribution in [0.15, 0.2) is 33.5 Å². The topological polar surface area (TPSA) is 42.7 Å². The molecule has 1 saturated heterocycles. The van der Waals surface area contributed by atoms with Crippen molar-refractivity contribution in [3.05, 3.63) is 40.2 Å². The predicted octanol–water partition coefficient (Wildman–Crippen LogP) is 5.09. The van der Waals surface area contributed by atoms with Crippen LogP contribution in [0.25, 0.3) is 11.0 Å². The molecule has 0 spiro atoms. The van der Waals surface area contributed by atoms with Gasteiger partial charge in [0.05, 0.1) is 12.0 Å². The summed E-state index contributed by atoms with van der Waals surface area (Å²) in [5.41, 5.74) is 0.725. The van der Waals surface area contributed by atoms with E-state index in [1.165, 1.54) is 45.1 Å². The Morgan fingerprint density at radius 3 is 2.70 bits per heavy atom. The monoisotopic (exact) mass is 369 g/mol. The number of benzene rings is 1. The van der Waals surface area contributed by atoms with Crippen molar-refractivity contribution in [1.82, 2.24) is 4.90 Å². The Bertz CT molecular complexity index is 822. The molecule has 1 aliphatic carbocycles. The summed E-state index contributed by atoms with van der Waals surface area (Å²) in [7, 11) is 2.21. The van der Waals surface area contributed by atoms with E-state index in [9.17, 15) is 4.79 Å². The highest BCUT2D eigenvalue weighted by atomic mass is 16.5. The third-order valence-corrected chi connectivity index (χ3v) is 6.37. The van der Waals surface area contributed by atoms with Crippen LogP contribution in [0.5, 0.6) is 5.75 Å². The number of ether oxygens (including phenoxy) is 1. The van der Waals surface area contributed by atoms with Gasteiger partial charge in [-0.3, -0.25) is 4.79 Å². The highest BCUT2D eigenvalue weighted by Gasteiger charge is 2.20. The zero-order valence-electron chi connectivity index (χ0n) is 16.4. The maximum atomic E-state index is 12.5. The van der Waals surface area contributed by atoms with Gasteiger partial charge in [0.1, 0.15) is 17.1 Å². The lowest BCUT2D eigenvalue weighted by Gasteiger charge is -2.32. The first kappa shape index (κ1) is 18.5. The van der Waals surface area contributed by atoms with Gasteiger partial charge in [0, 0.05) is 24.1 Å². The minimum atomic E-state index is 0.0622. The van der Waals surface area contributed by atoms with Crippen LogP contribution in [0.2, 0.25) is 0 Å². The van der Waals surface area contributed by atoms with Crippen molar-refractivity contribution < 1.29 is 9.15 Å². The van der Waals surface area contributed by atoms with Gasteiger partial charge in [-0.15, -0.1) is 0 Å². The van der Waals surface area contributed by atoms with Gasteiger partial charge in [-0.2, -0.15) is 0 Å². The molecule has 1 aromatic heterocycles. The lowest BCUT2D eigenvalue weighted by atomic mass is 9.87. The second-order valence-corrected chi connectivity index (χ2v) is 8.27. The van der Waals surface area contributed by atoms with Crippen molar-refractivity contribution in [2.45, 2.75) is 69.7 Å². The third kappa shape index (κ3) is 4.37. The molecule has 1 aromatic carbocycles. The summed E-state index contributed by atoms with van der Waals surface area (Å²) in [6.07, 6.45) is 10.9. The Labute approximate surface area is 161 Å². The molecule has 0 bridgehead atoms. The molecular weight excluding hydrogens is 338 g/mol. The van der Waals surface area contributed by atoms with Crippen LogP contribution >= 0.6 is 0 Å². The quantitative estimate of drug-likeness (QED) is 0.736. The summed E-state index contributed by atoms with van der Waals surface area (Å²) in [5.74, 6) is 2.04. The Morgan fingerprint density at radius 1 is 1.07 bits per heavy atom. The molecule has 4 nitrogen and oxygen atoms in total. The van der Waals surface area contributed by atoms with E-state index in [1.54, 1.807) is 6.07 Å². The van der Waals surface area contributed by atoms with Gasteiger partial charge in [-0.25, -0.2) is 0 Å². The fraction of sp³-hybridized carbons (Fsp3) is 0.609. The molecule has 146 valence electrons. The largest absolute Gasteiger partial charge is 0.493 e. The first-order chi connectivity index (χ1) is 13.2. The highest BCUT2D eigenvalue weighted by Crippen LogP contribution is 2.33. The van der Waals surface area contributed by atoms with Crippen molar-refractivity contribution in [1.29, 1.82) is 0 Å². The smallest absolute Gasteiger partial charge is 0.192 e. The number of piperidine rings is 1. The maximum Gasteiger partial charge on any atom is 0.192 e. The van der Waals surface area contributed by atoms with Gasteiger partial charge in [0.25, 0.3) is 0 Å². The summed E-state index contributed by atoms with van der Waals surface area (Å²) >= 11 is 0. The molecule has 1 saturated carbocycles. The van der Waals surface area contributed by atoms with E-state index in [0.717, 1.165) is 30.8 Å². The van der Waals surface area contributed by atoms with Crippen LogP contribution in [-0.4, -0.2) is 31.1 Å². The summed E-state index contributed by atoms with van der Waals surface area (Å²) in [6, 6.07) is 7.96. The molecule has 1 aliphatic heterocycles. The van der Waals surface area contributed by atoms with Gasteiger partial charge in [0.2, 0.25) is 0 Å². The molecule has 2 aromatic rings. The van der Waals surface area contributed by atoms with Crippen LogP contribution in [0.3, 0.4) is 0 Å². The third-order valence-electron chi connectivity index (χ3n) is 6.37. The van der Waals surface area contributed by atoms with E-state index in [4.69, 9.17) is 9.15 Å². The molecule has 4 rings (SSSR count). The highest BCUT2D eigenvalue weighted by molar-refractivity contribution is 5.78. The molecule has 0 N–H and O–H groups in total. The second-order valence-electron chi connectivity index (χ2n) is 8.27. The van der Waals surface area contributed by atoms with Crippen LogP contribution < -0.4 is 10.2 Å². The number of fused-ring (bicyclic) bond motifs is 1. The van der Waals surface area contributed by atoms with Crippen LogP contribution in [0.1, 0.15) is 69.5 Å². The van der Waals surface area contributed by atoms with E-state index in [1.807, 2.05) is 18.2 Å². The van der Waals surface area contributed by atoms with Gasteiger partial charge in [-0.1, -0.05) is 25.7 Å². The van der Waals surface area contributed by atoms with Gasteiger partial charge < -0.3 is 14.1 Å². The maximum absolute atomic E-state index is 12.5. The van der Waals surface area contributed by atoms with Gasteiger partial charge in [-0.05, 0) is 57.8 Å². The fourth-order valence-electron chi connectivity index (χ4n) is 4.65. The van der Waals surface area contributed by atoms with Crippen LogP contribution in [0, 0.1) is 0 Å². The van der Waals surface area contributed by atoms with Crippen LogP contribution in [0.4, 0.5) is 0 Å². The summed E-state index contributed by atoms with van der Waals surface area (Å²) in [4.78, 5) is 15.0. The zero-order chi connectivity index (χ0) is 18.6. The molecule has 0 radical (unpaired) electrons. The minimum absolute atomic E-state index is 0.0622. The van der Waals surface area contributed by atoms with Crippen molar-refractivity contribution >= 4 is 11.0 Å². The average molecular weight is 370 g/mol. The second kappa shape index (κ2) is 8.47. The van der Waals surface area contributed by atoms with E-state index in [-0.39, 0.29) is 5.43 Å². The van der Waals surface area contributed by atoms with Crippen molar-refractivity contribution in [2.24, 2.45) is 0 Å². The standard InChI is InChI=1S/C23H31NO3/c1-24-13-6-5-9-18(24)12-14-26-19-10-11-20-21(25)16-22(27-23(20)15-19)17-7-3-2-4-8-17/h10-11,15-18H,2-9,12-14H2,1H3. The summed E-state index contributed by atoms with van der Waals surface area (Å²) < 4.78 is 12.1. The minimum Gasteiger partial charge on any atom is -0.493 e. The van der Waals surface area contributed by atoms with E-state index in [0.29, 0.717) is 29.5 Å². The summed E-state index contributed by atoms with van der Waals surface area (Å²) in [5, 5.41) is 0.647. The first-order valence-corrected chi connectivity index (χ1v) is 10.6. The number of hydrogen-bond donors (Lipinski definition) is 0. The lowest BCUT2D eigenvalue weighted by Crippen LogP contribution is -2.37. The normalized spacial score (nSPS) is 22.2. The molecule has 2 aliphatic rings. The van der Waals surface area contributed by atoms with Crippen molar-refractivity contribution in [3.63, 3.8) is 0 Å². The van der Waals surface area contributed by atoms with Gasteiger partial charge >= 0.3 is 0 Å². The zero-order valence-corrected chi connectivity index (χ0v) is 16.4. The predicted molar refractivity (Wildman–Crippen MR) is 109 cm³/mol. The van der Waals surface area contributed by atoms with Crippen molar-refractivity contribution in [3.8, 4) is 5.75 Å². The number of rotatable bonds is 5. The Balaban J connectivity index is 1.46. The van der Waals surface area contributed by atoms with E-state index >= 15 is 0 Å². The molecule has 2 heterocycles. The Kier molecular flexibility index (Phi) is 5.82. The molecule has 2 fully saturated rings. The molecular formula is C23H31NO3. The SMILES string of the molecule is CN1CCCCC1CCOc1ccc2c(=O)cc(C3CCCCC3)oc2c1. The Morgan fingerprint density at radius 2 is 1.89 bits per heavy atom. The number of hydrogen-bond acceptors (Lipinski definition) is 4. The van der Waals surface area contributed by atoms with E-state index in [2.05, 4.69) is 11.9 Å². The average Bonchev–Trinajstić information content (AvgIpc) is 2.70. The van der Waals surface area contributed by atoms with Gasteiger partial charge in [0.15, 0.2) is 5.43 Å². The van der Waals surface area contributed by atoms with Crippen LogP contribution in [-0.2, 0) is 0 Å². The fourth-order valence-corrected chi connectivity index (χ4v) is 4.65. The number of nitrogens with zero attached hydrogens (tertiary/aromatic N) is 1. The number of likely N-dealkylation sites (tertiary alicyclic amines) is 1. The molecule has 1 unspecified atom stereocenters. The summed E-state index contributed by atoms with van der Waals surface area (Å²) in [6.45, 7) is 1.89. The Hall–Kier alpha value is -1.81. The molecule has 0 amide bonds. The lowest BCUT2D eigenvalue weighted by molar-refractivity contribution is 0.153. The van der Waals surface area contributed by atoms with E-state index < -0.39 is 0 Å². The van der Waals surface area contributed by atoms with Crippen molar-refractivity contribution in [2.75, 3.05) is 20.2 Å². The molecule has 27 heavy (non-hydrogen) atoms.